The Morgan fingerprint density at radius 1 is 1.06 bits per heavy atom. The van der Waals surface area contributed by atoms with Gasteiger partial charge in [0.2, 0.25) is 0 Å². The highest BCUT2D eigenvalue weighted by Crippen LogP contribution is 2.05. The lowest BCUT2D eigenvalue weighted by Gasteiger charge is -2.21. The normalized spacial score (nSPS) is 10.9. The Bertz CT molecular complexity index is 264. The lowest BCUT2D eigenvalue weighted by Crippen LogP contribution is -2.27. The monoisotopic (exact) mass is 222 g/mol. The second kappa shape index (κ2) is 8.28. The minimum absolute atomic E-state index is 0.218. The van der Waals surface area contributed by atoms with E-state index in [1.165, 1.54) is 5.56 Å². The van der Waals surface area contributed by atoms with Crippen LogP contribution in [0.2, 0.25) is 0 Å². The summed E-state index contributed by atoms with van der Waals surface area (Å²) in [7, 11) is 0. The van der Waals surface area contributed by atoms with Gasteiger partial charge in [-0.15, -0.1) is 0 Å². The number of aliphatic hydroxyl groups excluding tert-OH is 1. The van der Waals surface area contributed by atoms with E-state index in [1.54, 1.807) is 0 Å². The number of hydrogen-bond acceptors (Lipinski definition) is 3. The van der Waals surface area contributed by atoms with Gasteiger partial charge in [0, 0.05) is 13.1 Å². The van der Waals surface area contributed by atoms with Gasteiger partial charge < -0.3 is 10.8 Å². The van der Waals surface area contributed by atoms with Gasteiger partial charge in [-0.25, -0.2) is 0 Å². The summed E-state index contributed by atoms with van der Waals surface area (Å²) in [4.78, 5) is 2.27. The summed E-state index contributed by atoms with van der Waals surface area (Å²) >= 11 is 0. The minimum atomic E-state index is 0.218. The lowest BCUT2D eigenvalue weighted by molar-refractivity contribution is 0.188. The number of nitrogens with two attached hydrogens (primary N) is 1. The Morgan fingerprint density at radius 2 is 1.81 bits per heavy atom. The van der Waals surface area contributed by atoms with Crippen molar-refractivity contribution in [3.8, 4) is 0 Å². The van der Waals surface area contributed by atoms with Crippen molar-refractivity contribution >= 4 is 0 Å². The largest absolute Gasteiger partial charge is 0.395 e. The van der Waals surface area contributed by atoms with E-state index >= 15 is 0 Å². The van der Waals surface area contributed by atoms with Gasteiger partial charge in [0.15, 0.2) is 0 Å². The summed E-state index contributed by atoms with van der Waals surface area (Å²) in [6.07, 6.45) is 2.15. The quantitative estimate of drug-likeness (QED) is 0.650. The van der Waals surface area contributed by atoms with Crippen molar-refractivity contribution in [2.24, 2.45) is 5.73 Å². The van der Waals surface area contributed by atoms with Crippen molar-refractivity contribution < 1.29 is 5.11 Å². The molecule has 0 aliphatic carbocycles. The molecule has 0 saturated carbocycles. The van der Waals surface area contributed by atoms with Crippen LogP contribution in [0.5, 0.6) is 0 Å². The van der Waals surface area contributed by atoms with Crippen LogP contribution in [0.1, 0.15) is 18.4 Å². The maximum Gasteiger partial charge on any atom is 0.0558 e. The average molecular weight is 222 g/mol. The summed E-state index contributed by atoms with van der Waals surface area (Å²) in [5, 5.41) is 9.00. The number of nitrogens with zero attached hydrogens (tertiary/aromatic N) is 1. The summed E-state index contributed by atoms with van der Waals surface area (Å²) < 4.78 is 0. The molecule has 0 aliphatic rings. The van der Waals surface area contributed by atoms with Crippen molar-refractivity contribution in [1.82, 2.24) is 4.90 Å². The topological polar surface area (TPSA) is 49.5 Å². The van der Waals surface area contributed by atoms with E-state index in [4.69, 9.17) is 10.8 Å². The molecular formula is C13H22N2O. The molecule has 0 aliphatic heterocycles. The van der Waals surface area contributed by atoms with Gasteiger partial charge in [0.25, 0.3) is 0 Å². The van der Waals surface area contributed by atoms with E-state index in [-0.39, 0.29) is 6.61 Å². The molecule has 0 radical (unpaired) electrons. The highest BCUT2D eigenvalue weighted by atomic mass is 16.3. The molecule has 0 heterocycles. The Morgan fingerprint density at radius 3 is 2.44 bits per heavy atom. The van der Waals surface area contributed by atoms with E-state index in [9.17, 15) is 0 Å². The fraction of sp³-hybridized carbons (Fsp3) is 0.538. The maximum absolute atomic E-state index is 9.00. The molecule has 3 N–H and O–H groups in total. The first-order valence-corrected chi connectivity index (χ1v) is 5.94. The number of benzene rings is 1. The second-order valence-electron chi connectivity index (χ2n) is 3.98. The Hall–Kier alpha value is -0.900. The predicted octanol–water partition coefficient (Wildman–Crippen LogP) is 1.22. The van der Waals surface area contributed by atoms with Crippen molar-refractivity contribution in [3.05, 3.63) is 35.9 Å². The van der Waals surface area contributed by atoms with E-state index in [1.807, 2.05) is 18.2 Å². The molecule has 3 heteroatoms. The molecule has 90 valence electrons. The molecular weight excluding hydrogens is 200 g/mol. The van der Waals surface area contributed by atoms with Gasteiger partial charge in [0.1, 0.15) is 0 Å². The molecule has 0 aromatic heterocycles. The van der Waals surface area contributed by atoms with Crippen LogP contribution in [0.3, 0.4) is 0 Å². The van der Waals surface area contributed by atoms with Gasteiger partial charge in [-0.3, -0.25) is 4.90 Å². The van der Waals surface area contributed by atoms with Crippen LogP contribution in [-0.2, 0) is 6.54 Å². The van der Waals surface area contributed by atoms with Crippen molar-refractivity contribution in [2.45, 2.75) is 19.4 Å². The average Bonchev–Trinajstić information content (AvgIpc) is 2.31. The second-order valence-corrected chi connectivity index (χ2v) is 3.98. The van der Waals surface area contributed by atoms with Crippen LogP contribution in [0.15, 0.2) is 30.3 Å². The van der Waals surface area contributed by atoms with Gasteiger partial charge in [-0.2, -0.15) is 0 Å². The SMILES string of the molecule is NCCCCN(CCO)Cc1ccccc1. The maximum atomic E-state index is 9.00. The number of aliphatic hydroxyl groups is 1. The van der Waals surface area contributed by atoms with Crippen LogP contribution < -0.4 is 5.73 Å². The fourth-order valence-corrected chi connectivity index (χ4v) is 1.73. The van der Waals surface area contributed by atoms with Gasteiger partial charge in [-0.1, -0.05) is 30.3 Å². The molecule has 0 bridgehead atoms. The number of unbranched alkanes of at least 4 members (excludes halogenated alkanes) is 1. The predicted molar refractivity (Wildman–Crippen MR) is 67.1 cm³/mol. The van der Waals surface area contributed by atoms with Crippen molar-refractivity contribution in [1.29, 1.82) is 0 Å². The smallest absolute Gasteiger partial charge is 0.0558 e. The van der Waals surface area contributed by atoms with Crippen LogP contribution in [0.25, 0.3) is 0 Å². The first kappa shape index (κ1) is 13.2. The molecule has 1 aromatic carbocycles. The van der Waals surface area contributed by atoms with Gasteiger partial charge in [-0.05, 0) is 31.5 Å². The van der Waals surface area contributed by atoms with Crippen LogP contribution in [0.4, 0.5) is 0 Å². The Labute approximate surface area is 97.9 Å². The lowest BCUT2D eigenvalue weighted by atomic mass is 10.2. The molecule has 0 fully saturated rings. The molecule has 3 nitrogen and oxygen atoms in total. The van der Waals surface area contributed by atoms with E-state index in [2.05, 4.69) is 17.0 Å². The standard InChI is InChI=1S/C13H22N2O/c14-8-4-5-9-15(10-11-16)12-13-6-2-1-3-7-13/h1-3,6-7,16H,4-5,8-12,14H2. The Kier molecular flexibility index (Phi) is 6.81. The first-order chi connectivity index (χ1) is 7.86. The van der Waals surface area contributed by atoms with Gasteiger partial charge >= 0.3 is 0 Å². The Balaban J connectivity index is 2.38. The molecule has 1 aromatic rings. The highest BCUT2D eigenvalue weighted by molar-refractivity contribution is 5.14. The molecule has 16 heavy (non-hydrogen) atoms. The number of rotatable bonds is 8. The summed E-state index contributed by atoms with van der Waals surface area (Å²) in [6.45, 7) is 3.62. The zero-order chi connectivity index (χ0) is 11.6. The molecule has 0 spiro atoms. The zero-order valence-corrected chi connectivity index (χ0v) is 9.81. The molecule has 0 saturated heterocycles. The molecule has 0 unspecified atom stereocenters. The zero-order valence-electron chi connectivity index (χ0n) is 9.81. The van der Waals surface area contributed by atoms with Crippen molar-refractivity contribution in [2.75, 3.05) is 26.2 Å². The molecule has 0 atom stereocenters. The van der Waals surface area contributed by atoms with Crippen LogP contribution >= 0.6 is 0 Å². The molecule has 0 amide bonds. The third-order valence-corrected chi connectivity index (χ3v) is 2.59. The van der Waals surface area contributed by atoms with Crippen molar-refractivity contribution in [3.63, 3.8) is 0 Å². The van der Waals surface area contributed by atoms with E-state index in [0.29, 0.717) is 0 Å². The molecule has 1 rings (SSSR count). The summed E-state index contributed by atoms with van der Waals surface area (Å²) in [6, 6.07) is 10.4. The highest BCUT2D eigenvalue weighted by Gasteiger charge is 2.04. The third kappa shape index (κ3) is 5.26. The summed E-state index contributed by atoms with van der Waals surface area (Å²) in [5.74, 6) is 0. The minimum Gasteiger partial charge on any atom is -0.395 e. The fourth-order valence-electron chi connectivity index (χ4n) is 1.73. The van der Waals surface area contributed by atoms with Crippen LogP contribution in [0, 0.1) is 0 Å². The van der Waals surface area contributed by atoms with E-state index in [0.717, 1.165) is 39.0 Å². The van der Waals surface area contributed by atoms with Gasteiger partial charge in [0.05, 0.1) is 6.61 Å². The van der Waals surface area contributed by atoms with E-state index < -0.39 is 0 Å². The van der Waals surface area contributed by atoms with Crippen LogP contribution in [-0.4, -0.2) is 36.2 Å². The first-order valence-electron chi connectivity index (χ1n) is 5.94. The summed E-state index contributed by atoms with van der Waals surface area (Å²) in [5.41, 5.74) is 6.77. The third-order valence-electron chi connectivity index (χ3n) is 2.59. The number of hydrogen-bond donors (Lipinski definition) is 2.